The average Bonchev–Trinajstić information content (AvgIpc) is 2.67. The maximum atomic E-state index is 13.2. The standard InChI is InChI=1S/C12H12FNS/c1-8-5-9(7-10(13)6-8)12(14)11-3-2-4-15-11/h2-7,12H,14H2,1H3. The van der Waals surface area contributed by atoms with E-state index in [-0.39, 0.29) is 11.9 Å². The van der Waals surface area contributed by atoms with E-state index >= 15 is 0 Å². The highest BCUT2D eigenvalue weighted by Gasteiger charge is 2.10. The molecular weight excluding hydrogens is 209 g/mol. The molecule has 1 unspecified atom stereocenters. The molecular formula is C12H12FNS. The molecule has 2 aromatic rings. The summed E-state index contributed by atoms with van der Waals surface area (Å²) < 4.78 is 13.2. The van der Waals surface area contributed by atoms with Crippen LogP contribution in [0.5, 0.6) is 0 Å². The molecule has 0 aliphatic heterocycles. The Morgan fingerprint density at radius 2 is 2.13 bits per heavy atom. The molecule has 0 saturated heterocycles. The maximum Gasteiger partial charge on any atom is 0.123 e. The molecule has 0 aliphatic carbocycles. The molecule has 0 fully saturated rings. The first-order valence-electron chi connectivity index (χ1n) is 4.73. The number of hydrogen-bond donors (Lipinski definition) is 1. The fourth-order valence-electron chi connectivity index (χ4n) is 1.58. The first-order chi connectivity index (χ1) is 7.16. The van der Waals surface area contributed by atoms with Crippen molar-refractivity contribution in [3.8, 4) is 0 Å². The molecule has 2 N–H and O–H groups in total. The Hall–Kier alpha value is -1.19. The Morgan fingerprint density at radius 1 is 1.33 bits per heavy atom. The van der Waals surface area contributed by atoms with Gasteiger partial charge in [-0.1, -0.05) is 12.1 Å². The highest BCUT2D eigenvalue weighted by atomic mass is 32.1. The Balaban J connectivity index is 2.37. The molecule has 0 bridgehead atoms. The van der Waals surface area contributed by atoms with Gasteiger partial charge in [0.05, 0.1) is 6.04 Å². The number of rotatable bonds is 2. The Morgan fingerprint density at radius 3 is 2.73 bits per heavy atom. The minimum atomic E-state index is -0.225. The Bertz CT molecular complexity index is 430. The van der Waals surface area contributed by atoms with Gasteiger partial charge in [0.15, 0.2) is 0 Å². The minimum Gasteiger partial charge on any atom is -0.320 e. The van der Waals surface area contributed by atoms with Gasteiger partial charge in [0, 0.05) is 4.88 Å². The van der Waals surface area contributed by atoms with Crippen molar-refractivity contribution < 1.29 is 4.39 Å². The highest BCUT2D eigenvalue weighted by molar-refractivity contribution is 7.10. The summed E-state index contributed by atoms with van der Waals surface area (Å²) in [6.07, 6.45) is 0. The van der Waals surface area contributed by atoms with Crippen LogP contribution in [-0.4, -0.2) is 0 Å². The van der Waals surface area contributed by atoms with Crippen LogP contribution >= 0.6 is 11.3 Å². The molecule has 3 heteroatoms. The summed E-state index contributed by atoms with van der Waals surface area (Å²) in [4.78, 5) is 1.06. The summed E-state index contributed by atoms with van der Waals surface area (Å²) in [7, 11) is 0. The number of nitrogens with two attached hydrogens (primary N) is 1. The van der Waals surface area contributed by atoms with E-state index in [2.05, 4.69) is 0 Å². The van der Waals surface area contributed by atoms with E-state index in [1.165, 1.54) is 12.1 Å². The van der Waals surface area contributed by atoms with E-state index in [0.717, 1.165) is 16.0 Å². The normalized spacial score (nSPS) is 12.7. The van der Waals surface area contributed by atoms with Gasteiger partial charge in [0.2, 0.25) is 0 Å². The van der Waals surface area contributed by atoms with Gasteiger partial charge >= 0.3 is 0 Å². The van der Waals surface area contributed by atoms with Crippen molar-refractivity contribution in [3.63, 3.8) is 0 Å². The van der Waals surface area contributed by atoms with E-state index < -0.39 is 0 Å². The first-order valence-corrected chi connectivity index (χ1v) is 5.61. The summed E-state index contributed by atoms with van der Waals surface area (Å²) in [5, 5.41) is 1.97. The van der Waals surface area contributed by atoms with E-state index in [9.17, 15) is 4.39 Å². The van der Waals surface area contributed by atoms with Gasteiger partial charge in [0.1, 0.15) is 5.82 Å². The number of aryl methyl sites for hydroxylation is 1. The second-order valence-corrected chi connectivity index (χ2v) is 4.53. The molecule has 0 radical (unpaired) electrons. The van der Waals surface area contributed by atoms with Gasteiger partial charge in [-0.2, -0.15) is 0 Å². The third-order valence-corrected chi connectivity index (χ3v) is 3.23. The summed E-state index contributed by atoms with van der Waals surface area (Å²) in [5.74, 6) is -0.225. The molecule has 15 heavy (non-hydrogen) atoms. The molecule has 2 rings (SSSR count). The third kappa shape index (κ3) is 2.25. The van der Waals surface area contributed by atoms with Crippen molar-refractivity contribution in [2.45, 2.75) is 13.0 Å². The van der Waals surface area contributed by atoms with Gasteiger partial charge in [-0.15, -0.1) is 11.3 Å². The third-order valence-electron chi connectivity index (χ3n) is 2.27. The van der Waals surface area contributed by atoms with E-state index in [4.69, 9.17) is 5.73 Å². The fourth-order valence-corrected chi connectivity index (χ4v) is 2.33. The van der Waals surface area contributed by atoms with Crippen molar-refractivity contribution in [3.05, 3.63) is 57.5 Å². The second kappa shape index (κ2) is 4.13. The van der Waals surface area contributed by atoms with Crippen LogP contribution in [-0.2, 0) is 0 Å². The summed E-state index contributed by atoms with van der Waals surface area (Å²) >= 11 is 1.59. The Kier molecular flexibility index (Phi) is 2.84. The number of thiophene rings is 1. The number of halogens is 1. The lowest BCUT2D eigenvalue weighted by atomic mass is 10.0. The predicted molar refractivity (Wildman–Crippen MR) is 61.5 cm³/mol. The Labute approximate surface area is 92.4 Å². The van der Waals surface area contributed by atoms with Crippen molar-refractivity contribution in [2.24, 2.45) is 5.73 Å². The minimum absolute atomic E-state index is 0.223. The van der Waals surface area contributed by atoms with E-state index in [0.29, 0.717) is 0 Å². The summed E-state index contributed by atoms with van der Waals surface area (Å²) in [5.41, 5.74) is 7.77. The van der Waals surface area contributed by atoms with Crippen LogP contribution in [0.1, 0.15) is 22.0 Å². The van der Waals surface area contributed by atoms with Crippen LogP contribution in [0.15, 0.2) is 35.7 Å². The van der Waals surface area contributed by atoms with Crippen molar-refractivity contribution >= 4 is 11.3 Å². The zero-order valence-corrected chi connectivity index (χ0v) is 9.22. The lowest BCUT2D eigenvalue weighted by Crippen LogP contribution is -2.10. The molecule has 0 saturated carbocycles. The zero-order valence-electron chi connectivity index (χ0n) is 8.41. The predicted octanol–water partition coefficient (Wildman–Crippen LogP) is 3.24. The smallest absolute Gasteiger partial charge is 0.123 e. The number of hydrogen-bond acceptors (Lipinski definition) is 2. The molecule has 1 heterocycles. The van der Waals surface area contributed by atoms with Gasteiger partial charge in [0.25, 0.3) is 0 Å². The van der Waals surface area contributed by atoms with E-state index in [1.54, 1.807) is 11.3 Å². The van der Waals surface area contributed by atoms with Gasteiger partial charge in [-0.05, 0) is 41.6 Å². The molecule has 1 atom stereocenters. The van der Waals surface area contributed by atoms with Crippen molar-refractivity contribution in [2.75, 3.05) is 0 Å². The van der Waals surface area contributed by atoms with Crippen LogP contribution < -0.4 is 5.73 Å². The van der Waals surface area contributed by atoms with Crippen molar-refractivity contribution in [1.82, 2.24) is 0 Å². The summed E-state index contributed by atoms with van der Waals surface area (Å²) in [6, 6.07) is 8.62. The van der Waals surface area contributed by atoms with Crippen molar-refractivity contribution in [1.29, 1.82) is 0 Å². The quantitative estimate of drug-likeness (QED) is 0.827. The number of benzene rings is 1. The fraction of sp³-hybridized carbons (Fsp3) is 0.167. The van der Waals surface area contributed by atoms with Gasteiger partial charge in [-0.25, -0.2) is 4.39 Å². The van der Waals surface area contributed by atoms with Crippen LogP contribution in [0.2, 0.25) is 0 Å². The van der Waals surface area contributed by atoms with Crippen LogP contribution in [0, 0.1) is 12.7 Å². The molecule has 0 amide bonds. The largest absolute Gasteiger partial charge is 0.320 e. The van der Waals surface area contributed by atoms with Gasteiger partial charge < -0.3 is 5.73 Å². The maximum absolute atomic E-state index is 13.2. The summed E-state index contributed by atoms with van der Waals surface area (Å²) in [6.45, 7) is 1.87. The molecule has 78 valence electrons. The SMILES string of the molecule is Cc1cc(F)cc(C(N)c2cccs2)c1. The topological polar surface area (TPSA) is 26.0 Å². The molecule has 0 aliphatic rings. The van der Waals surface area contributed by atoms with Crippen LogP contribution in [0.4, 0.5) is 4.39 Å². The lowest BCUT2D eigenvalue weighted by molar-refractivity contribution is 0.622. The zero-order chi connectivity index (χ0) is 10.8. The molecule has 1 nitrogen and oxygen atoms in total. The second-order valence-electron chi connectivity index (χ2n) is 3.56. The van der Waals surface area contributed by atoms with Crippen LogP contribution in [0.25, 0.3) is 0 Å². The lowest BCUT2D eigenvalue weighted by Gasteiger charge is -2.10. The highest BCUT2D eigenvalue weighted by Crippen LogP contribution is 2.24. The monoisotopic (exact) mass is 221 g/mol. The molecule has 0 spiro atoms. The van der Waals surface area contributed by atoms with Gasteiger partial charge in [-0.3, -0.25) is 0 Å². The first kappa shape index (κ1) is 10.3. The van der Waals surface area contributed by atoms with Crippen LogP contribution in [0.3, 0.4) is 0 Å². The average molecular weight is 221 g/mol. The molecule has 1 aromatic carbocycles. The van der Waals surface area contributed by atoms with E-state index in [1.807, 2.05) is 30.5 Å². The molecule has 1 aromatic heterocycles.